The summed E-state index contributed by atoms with van der Waals surface area (Å²) < 4.78 is 0. The fourth-order valence-corrected chi connectivity index (χ4v) is 2.33. The first-order valence-corrected chi connectivity index (χ1v) is 7.64. The van der Waals surface area contributed by atoms with E-state index < -0.39 is 0 Å². The van der Waals surface area contributed by atoms with Crippen molar-refractivity contribution in [2.75, 3.05) is 18.0 Å². The summed E-state index contributed by atoms with van der Waals surface area (Å²) in [5, 5.41) is 3.49. The molecule has 21 heavy (non-hydrogen) atoms. The highest BCUT2D eigenvalue weighted by molar-refractivity contribution is 6.30. The number of nitrogens with one attached hydrogen (secondary N) is 1. The van der Waals surface area contributed by atoms with Gasteiger partial charge in [-0.3, -0.25) is 9.59 Å². The molecular formula is C16H23ClN2O2. The van der Waals surface area contributed by atoms with E-state index in [-0.39, 0.29) is 11.8 Å². The molecule has 1 aromatic carbocycles. The Kier molecular flexibility index (Phi) is 7.23. The van der Waals surface area contributed by atoms with Crippen LogP contribution in [-0.4, -0.2) is 24.9 Å². The van der Waals surface area contributed by atoms with Gasteiger partial charge in [0.15, 0.2) is 0 Å². The van der Waals surface area contributed by atoms with E-state index in [1.807, 2.05) is 26.0 Å². The number of carbonyl (C=O) groups excluding carboxylic acids is 2. The van der Waals surface area contributed by atoms with Crippen molar-refractivity contribution >= 4 is 29.1 Å². The van der Waals surface area contributed by atoms with Crippen LogP contribution in [-0.2, 0) is 9.59 Å². The van der Waals surface area contributed by atoms with E-state index in [2.05, 4.69) is 5.32 Å². The molecule has 0 aromatic heterocycles. The predicted molar refractivity (Wildman–Crippen MR) is 86.8 cm³/mol. The lowest BCUT2D eigenvalue weighted by atomic mass is 10.1. The predicted octanol–water partition coefficient (Wildman–Crippen LogP) is 3.31. The van der Waals surface area contributed by atoms with Gasteiger partial charge in [-0.25, -0.2) is 0 Å². The van der Waals surface area contributed by atoms with Gasteiger partial charge in [0.2, 0.25) is 11.8 Å². The molecular weight excluding hydrogens is 288 g/mol. The molecule has 4 nitrogen and oxygen atoms in total. The molecule has 0 aliphatic carbocycles. The first kappa shape index (κ1) is 17.5. The SMILES string of the molecule is CCCCC(=O)NCCN(C(C)=O)c1ccc(Cl)cc1C. The van der Waals surface area contributed by atoms with Crippen molar-refractivity contribution in [2.45, 2.75) is 40.0 Å². The molecule has 1 rings (SSSR count). The molecule has 0 unspecified atom stereocenters. The molecule has 1 N–H and O–H groups in total. The van der Waals surface area contributed by atoms with Crippen LogP contribution in [0, 0.1) is 6.92 Å². The van der Waals surface area contributed by atoms with Gasteiger partial charge >= 0.3 is 0 Å². The Labute approximate surface area is 131 Å². The molecule has 5 heteroatoms. The Morgan fingerprint density at radius 1 is 1.33 bits per heavy atom. The van der Waals surface area contributed by atoms with Crippen molar-refractivity contribution in [3.05, 3.63) is 28.8 Å². The highest BCUT2D eigenvalue weighted by Crippen LogP contribution is 2.23. The lowest BCUT2D eigenvalue weighted by Crippen LogP contribution is -2.37. The van der Waals surface area contributed by atoms with Crippen LogP contribution in [0.4, 0.5) is 5.69 Å². The van der Waals surface area contributed by atoms with Gasteiger partial charge in [-0.2, -0.15) is 0 Å². The number of amides is 2. The van der Waals surface area contributed by atoms with E-state index >= 15 is 0 Å². The quantitative estimate of drug-likeness (QED) is 0.840. The molecule has 2 amide bonds. The summed E-state index contributed by atoms with van der Waals surface area (Å²) in [5.41, 5.74) is 1.77. The Bertz CT molecular complexity index is 503. The third kappa shape index (κ3) is 5.76. The molecule has 0 aliphatic heterocycles. The summed E-state index contributed by atoms with van der Waals surface area (Å²) in [6.07, 6.45) is 2.42. The minimum Gasteiger partial charge on any atom is -0.354 e. The second-order valence-electron chi connectivity index (χ2n) is 5.05. The molecule has 1 aromatic rings. The van der Waals surface area contributed by atoms with Crippen LogP contribution in [0.3, 0.4) is 0 Å². The maximum absolute atomic E-state index is 11.8. The Morgan fingerprint density at radius 3 is 2.62 bits per heavy atom. The minimum absolute atomic E-state index is 0.0354. The van der Waals surface area contributed by atoms with Crippen molar-refractivity contribution in [3.63, 3.8) is 0 Å². The van der Waals surface area contributed by atoms with Gasteiger partial charge < -0.3 is 10.2 Å². The van der Waals surface area contributed by atoms with Crippen LogP contribution >= 0.6 is 11.6 Å². The fraction of sp³-hybridized carbons (Fsp3) is 0.500. The summed E-state index contributed by atoms with van der Waals surface area (Å²) in [5.74, 6) is -0.0172. The van der Waals surface area contributed by atoms with Gasteiger partial charge in [-0.1, -0.05) is 24.9 Å². The third-order valence-corrected chi connectivity index (χ3v) is 3.48. The standard InChI is InChI=1S/C16H23ClN2O2/c1-4-5-6-16(21)18-9-10-19(13(3)20)15-8-7-14(17)11-12(15)2/h7-8,11H,4-6,9-10H2,1-3H3,(H,18,21). The van der Waals surface area contributed by atoms with Crippen molar-refractivity contribution < 1.29 is 9.59 Å². The number of halogens is 1. The molecule has 0 saturated carbocycles. The van der Waals surface area contributed by atoms with Crippen molar-refractivity contribution in [1.29, 1.82) is 0 Å². The van der Waals surface area contributed by atoms with Crippen LogP contribution in [0.1, 0.15) is 38.7 Å². The van der Waals surface area contributed by atoms with Gasteiger partial charge in [0, 0.05) is 37.1 Å². The Hall–Kier alpha value is -1.55. The van der Waals surface area contributed by atoms with Crippen molar-refractivity contribution in [2.24, 2.45) is 0 Å². The van der Waals surface area contributed by atoms with E-state index in [0.29, 0.717) is 24.5 Å². The van der Waals surface area contributed by atoms with Crippen LogP contribution in [0.5, 0.6) is 0 Å². The Balaban J connectivity index is 2.62. The molecule has 0 spiro atoms. The second kappa shape index (κ2) is 8.67. The van der Waals surface area contributed by atoms with Gasteiger partial charge in [-0.05, 0) is 37.1 Å². The summed E-state index contributed by atoms with van der Waals surface area (Å²) in [6, 6.07) is 5.42. The molecule has 0 heterocycles. The number of rotatable bonds is 7. The van der Waals surface area contributed by atoms with Crippen LogP contribution in [0.2, 0.25) is 5.02 Å². The molecule has 116 valence electrons. The van der Waals surface area contributed by atoms with Crippen LogP contribution in [0.25, 0.3) is 0 Å². The molecule has 0 aliphatic rings. The van der Waals surface area contributed by atoms with E-state index in [1.54, 1.807) is 11.0 Å². The van der Waals surface area contributed by atoms with Crippen molar-refractivity contribution in [1.82, 2.24) is 5.32 Å². The van der Waals surface area contributed by atoms with E-state index in [4.69, 9.17) is 11.6 Å². The zero-order valence-corrected chi connectivity index (χ0v) is 13.7. The highest BCUT2D eigenvalue weighted by Gasteiger charge is 2.14. The second-order valence-corrected chi connectivity index (χ2v) is 5.49. The molecule has 0 atom stereocenters. The molecule has 0 radical (unpaired) electrons. The third-order valence-electron chi connectivity index (χ3n) is 3.24. The number of hydrogen-bond donors (Lipinski definition) is 1. The average molecular weight is 311 g/mol. The number of hydrogen-bond acceptors (Lipinski definition) is 2. The number of benzene rings is 1. The number of unbranched alkanes of at least 4 members (excludes halogenated alkanes) is 1. The van der Waals surface area contributed by atoms with Gasteiger partial charge in [0.25, 0.3) is 0 Å². The van der Waals surface area contributed by atoms with Gasteiger partial charge in [0.05, 0.1) is 0 Å². The van der Waals surface area contributed by atoms with E-state index in [1.165, 1.54) is 6.92 Å². The maximum Gasteiger partial charge on any atom is 0.223 e. The summed E-state index contributed by atoms with van der Waals surface area (Å²) >= 11 is 5.94. The molecule has 0 bridgehead atoms. The first-order chi connectivity index (χ1) is 9.95. The molecule has 0 fully saturated rings. The zero-order valence-electron chi connectivity index (χ0n) is 12.9. The highest BCUT2D eigenvalue weighted by atomic mass is 35.5. The normalized spacial score (nSPS) is 10.3. The topological polar surface area (TPSA) is 49.4 Å². The lowest BCUT2D eigenvalue weighted by Gasteiger charge is -2.23. The number of anilines is 1. The summed E-state index contributed by atoms with van der Waals surface area (Å²) in [4.78, 5) is 25.0. The average Bonchev–Trinajstić information content (AvgIpc) is 2.42. The number of aryl methyl sites for hydroxylation is 1. The molecule has 0 saturated heterocycles. The van der Waals surface area contributed by atoms with E-state index in [9.17, 15) is 9.59 Å². The van der Waals surface area contributed by atoms with Crippen LogP contribution < -0.4 is 10.2 Å². The van der Waals surface area contributed by atoms with Gasteiger partial charge in [0.1, 0.15) is 0 Å². The van der Waals surface area contributed by atoms with Gasteiger partial charge in [-0.15, -0.1) is 0 Å². The van der Waals surface area contributed by atoms with Crippen LogP contribution in [0.15, 0.2) is 18.2 Å². The fourth-order valence-electron chi connectivity index (χ4n) is 2.10. The summed E-state index contributed by atoms with van der Waals surface area (Å²) in [6.45, 7) is 6.39. The number of nitrogens with zero attached hydrogens (tertiary/aromatic N) is 1. The first-order valence-electron chi connectivity index (χ1n) is 7.26. The Morgan fingerprint density at radius 2 is 2.05 bits per heavy atom. The van der Waals surface area contributed by atoms with Crippen molar-refractivity contribution in [3.8, 4) is 0 Å². The zero-order chi connectivity index (χ0) is 15.8. The lowest BCUT2D eigenvalue weighted by molar-refractivity contribution is -0.121. The monoisotopic (exact) mass is 310 g/mol. The van der Waals surface area contributed by atoms with E-state index in [0.717, 1.165) is 24.1 Å². The maximum atomic E-state index is 11.8. The summed E-state index contributed by atoms with van der Waals surface area (Å²) in [7, 11) is 0. The minimum atomic E-state index is -0.0526. The number of carbonyl (C=O) groups is 2. The smallest absolute Gasteiger partial charge is 0.223 e. The largest absolute Gasteiger partial charge is 0.354 e.